The molecule has 0 saturated heterocycles. The highest BCUT2D eigenvalue weighted by molar-refractivity contribution is 6.20. The highest BCUT2D eigenvalue weighted by Crippen LogP contribution is 2.43. The summed E-state index contributed by atoms with van der Waals surface area (Å²) in [6, 6.07) is 39.7. The number of allylic oxidation sites excluding steroid dienone is 5. The second-order valence-electron chi connectivity index (χ2n) is 11.7. The highest BCUT2D eigenvalue weighted by Gasteiger charge is 2.19. The van der Waals surface area contributed by atoms with Crippen LogP contribution in [0.1, 0.15) is 27.8 Å². The van der Waals surface area contributed by atoms with Gasteiger partial charge in [0.25, 0.3) is 0 Å². The van der Waals surface area contributed by atoms with E-state index in [1.807, 2.05) is 12.4 Å². The van der Waals surface area contributed by atoms with Crippen LogP contribution >= 0.6 is 0 Å². The van der Waals surface area contributed by atoms with Gasteiger partial charge in [-0.05, 0) is 108 Å². The van der Waals surface area contributed by atoms with Crippen molar-refractivity contribution in [2.24, 2.45) is 0 Å². The molecule has 0 spiro atoms. The SMILES string of the molecule is CN1C=C(c2ccc3c(c2)CC=CC(c2c4ccccc4c(-c4ccccc4)c4ccccc24)=C3)C=C(c2ccncc2)C1. The Morgan fingerprint density at radius 1 is 0.591 bits per heavy atom. The molecule has 1 aromatic heterocycles. The number of likely N-dealkylation sites (N-methyl/N-ethyl adjacent to an activating group) is 1. The summed E-state index contributed by atoms with van der Waals surface area (Å²) in [4.78, 5) is 6.47. The Morgan fingerprint density at radius 2 is 1.25 bits per heavy atom. The molecule has 2 heteroatoms. The van der Waals surface area contributed by atoms with Crippen molar-refractivity contribution in [2.45, 2.75) is 6.42 Å². The van der Waals surface area contributed by atoms with E-state index in [0.717, 1.165) is 13.0 Å². The second kappa shape index (κ2) is 11.0. The number of fused-ring (bicyclic) bond motifs is 3. The number of aromatic nitrogens is 1. The van der Waals surface area contributed by atoms with Crippen molar-refractivity contribution in [1.82, 2.24) is 9.88 Å². The zero-order valence-corrected chi connectivity index (χ0v) is 24.7. The summed E-state index contributed by atoms with van der Waals surface area (Å²) in [5, 5.41) is 5.13. The molecule has 2 heterocycles. The van der Waals surface area contributed by atoms with Gasteiger partial charge in [0.2, 0.25) is 0 Å². The molecule has 8 rings (SSSR count). The average Bonchev–Trinajstić information content (AvgIpc) is 3.29. The summed E-state index contributed by atoms with van der Waals surface area (Å²) >= 11 is 0. The minimum atomic E-state index is 0.887. The van der Waals surface area contributed by atoms with Gasteiger partial charge in [-0.3, -0.25) is 4.98 Å². The zero-order valence-electron chi connectivity index (χ0n) is 24.7. The molecule has 2 aliphatic rings. The number of nitrogens with zero attached hydrogens (tertiary/aromatic N) is 2. The van der Waals surface area contributed by atoms with Crippen LogP contribution in [0.5, 0.6) is 0 Å². The van der Waals surface area contributed by atoms with Gasteiger partial charge in [-0.15, -0.1) is 0 Å². The van der Waals surface area contributed by atoms with E-state index in [-0.39, 0.29) is 0 Å². The van der Waals surface area contributed by atoms with E-state index in [1.54, 1.807) is 0 Å². The molecule has 1 aliphatic heterocycles. The maximum atomic E-state index is 4.21. The lowest BCUT2D eigenvalue weighted by atomic mass is 9.85. The van der Waals surface area contributed by atoms with Crippen molar-refractivity contribution in [1.29, 1.82) is 0 Å². The first-order valence-corrected chi connectivity index (χ1v) is 15.3. The fraction of sp³-hybridized carbons (Fsp3) is 0.0714. The summed E-state index contributed by atoms with van der Waals surface area (Å²) in [7, 11) is 2.15. The summed E-state index contributed by atoms with van der Waals surface area (Å²) < 4.78 is 0. The van der Waals surface area contributed by atoms with Gasteiger partial charge >= 0.3 is 0 Å². The Hall–Kier alpha value is -5.47. The quantitative estimate of drug-likeness (QED) is 0.198. The number of pyridine rings is 1. The summed E-state index contributed by atoms with van der Waals surface area (Å²) in [5.74, 6) is 0. The van der Waals surface area contributed by atoms with Crippen LogP contribution in [0.15, 0.2) is 146 Å². The fourth-order valence-electron chi connectivity index (χ4n) is 6.86. The molecule has 5 aromatic carbocycles. The molecule has 210 valence electrons. The van der Waals surface area contributed by atoms with Crippen molar-refractivity contribution in [3.05, 3.63) is 174 Å². The maximum absolute atomic E-state index is 4.21. The standard InChI is InChI=1S/C42H32N2/c1-44-27-35(29-20-22-43-23-21-29)26-36(28-44)33-19-18-32-25-34(13-9-12-31(32)24-33)42-39-16-7-5-14-37(39)41(30-10-3-2-4-11-30)38-15-6-8-17-40(38)42/h2-11,13-26,28H,12,27H2,1H3. The van der Waals surface area contributed by atoms with Gasteiger partial charge in [0.1, 0.15) is 0 Å². The molecule has 0 radical (unpaired) electrons. The van der Waals surface area contributed by atoms with E-state index in [9.17, 15) is 0 Å². The number of hydrogen-bond donors (Lipinski definition) is 0. The number of hydrogen-bond acceptors (Lipinski definition) is 2. The van der Waals surface area contributed by atoms with Crippen molar-refractivity contribution >= 4 is 44.3 Å². The van der Waals surface area contributed by atoms with Crippen LogP contribution in [-0.2, 0) is 6.42 Å². The molecular formula is C42H32N2. The van der Waals surface area contributed by atoms with Gasteiger partial charge < -0.3 is 4.90 Å². The Bertz CT molecular complexity index is 2110. The maximum Gasteiger partial charge on any atom is 0.0427 e. The van der Waals surface area contributed by atoms with E-state index in [2.05, 4.69) is 157 Å². The Morgan fingerprint density at radius 3 is 1.95 bits per heavy atom. The molecule has 2 nitrogen and oxygen atoms in total. The van der Waals surface area contributed by atoms with Crippen molar-refractivity contribution in [2.75, 3.05) is 13.6 Å². The zero-order chi connectivity index (χ0) is 29.5. The number of benzene rings is 5. The highest BCUT2D eigenvalue weighted by atomic mass is 15.1. The van der Waals surface area contributed by atoms with E-state index in [1.165, 1.54) is 77.2 Å². The molecule has 0 N–H and O–H groups in total. The predicted octanol–water partition coefficient (Wildman–Crippen LogP) is 10.1. The largest absolute Gasteiger partial charge is 0.376 e. The molecule has 0 saturated carbocycles. The average molecular weight is 565 g/mol. The van der Waals surface area contributed by atoms with Gasteiger partial charge in [-0.2, -0.15) is 0 Å². The van der Waals surface area contributed by atoms with Crippen molar-refractivity contribution < 1.29 is 0 Å². The van der Waals surface area contributed by atoms with Crippen LogP contribution in [0.3, 0.4) is 0 Å². The van der Waals surface area contributed by atoms with Crippen molar-refractivity contribution in [3.8, 4) is 11.1 Å². The smallest absolute Gasteiger partial charge is 0.0427 e. The molecular weight excluding hydrogens is 532 g/mol. The summed E-state index contributed by atoms with van der Waals surface area (Å²) in [6.07, 6.45) is 16.3. The van der Waals surface area contributed by atoms with E-state index >= 15 is 0 Å². The first-order chi connectivity index (χ1) is 21.7. The monoisotopic (exact) mass is 564 g/mol. The third-order valence-corrected chi connectivity index (χ3v) is 8.87. The molecule has 44 heavy (non-hydrogen) atoms. The summed E-state index contributed by atoms with van der Waals surface area (Å²) in [5.41, 5.74) is 12.7. The van der Waals surface area contributed by atoms with E-state index in [4.69, 9.17) is 0 Å². The Balaban J connectivity index is 1.26. The molecule has 0 fully saturated rings. The molecule has 6 aromatic rings. The van der Waals surface area contributed by atoms with Crippen LogP contribution in [0.2, 0.25) is 0 Å². The summed E-state index contributed by atoms with van der Waals surface area (Å²) in [6.45, 7) is 0.887. The van der Waals surface area contributed by atoms with Gasteiger partial charge in [0.15, 0.2) is 0 Å². The first-order valence-electron chi connectivity index (χ1n) is 15.3. The molecule has 0 atom stereocenters. The van der Waals surface area contributed by atoms with E-state index in [0.29, 0.717) is 0 Å². The Kier molecular flexibility index (Phi) is 6.53. The van der Waals surface area contributed by atoms with Crippen LogP contribution in [0, 0.1) is 0 Å². The van der Waals surface area contributed by atoms with Crippen LogP contribution in [0.25, 0.3) is 55.5 Å². The van der Waals surface area contributed by atoms with Crippen molar-refractivity contribution in [3.63, 3.8) is 0 Å². The predicted molar refractivity (Wildman–Crippen MR) is 187 cm³/mol. The molecule has 0 amide bonds. The number of rotatable bonds is 4. The van der Waals surface area contributed by atoms with Crippen LogP contribution in [-0.4, -0.2) is 23.5 Å². The topological polar surface area (TPSA) is 16.1 Å². The first kappa shape index (κ1) is 26.2. The minimum absolute atomic E-state index is 0.887. The minimum Gasteiger partial charge on any atom is -0.376 e. The second-order valence-corrected chi connectivity index (χ2v) is 11.7. The lowest BCUT2D eigenvalue weighted by Gasteiger charge is -2.24. The van der Waals surface area contributed by atoms with E-state index < -0.39 is 0 Å². The third-order valence-electron chi connectivity index (χ3n) is 8.87. The fourth-order valence-corrected chi connectivity index (χ4v) is 6.86. The Labute approximate surface area is 258 Å². The third kappa shape index (κ3) is 4.66. The van der Waals surface area contributed by atoms with Crippen LogP contribution in [0.4, 0.5) is 0 Å². The van der Waals surface area contributed by atoms with Gasteiger partial charge in [-0.25, -0.2) is 0 Å². The lowest BCUT2D eigenvalue weighted by molar-refractivity contribution is 0.515. The molecule has 1 aliphatic carbocycles. The van der Waals surface area contributed by atoms with Gasteiger partial charge in [0.05, 0.1) is 0 Å². The van der Waals surface area contributed by atoms with Crippen LogP contribution < -0.4 is 0 Å². The van der Waals surface area contributed by atoms with Gasteiger partial charge in [-0.1, -0.05) is 109 Å². The lowest BCUT2D eigenvalue weighted by Crippen LogP contribution is -2.18. The normalized spacial score (nSPS) is 14.6. The van der Waals surface area contributed by atoms with Gasteiger partial charge in [0, 0.05) is 32.2 Å². The molecule has 0 bridgehead atoms. The molecule has 0 unspecified atom stereocenters.